The summed E-state index contributed by atoms with van der Waals surface area (Å²) in [6.45, 7) is 6.51. The van der Waals surface area contributed by atoms with Gasteiger partial charge in [0.05, 0.1) is 13.2 Å². The van der Waals surface area contributed by atoms with Crippen LogP contribution in [-0.2, 0) is 9.53 Å². The first kappa shape index (κ1) is 10.3. The first-order valence-corrected chi connectivity index (χ1v) is 4.81. The van der Waals surface area contributed by atoms with Crippen LogP contribution < -0.4 is 0 Å². The Balaban J connectivity index is 2.17. The Morgan fingerprint density at radius 2 is 2.15 bits per heavy atom. The number of carbonyl (C=O) groups is 1. The van der Waals surface area contributed by atoms with Crippen molar-refractivity contribution >= 4 is 5.91 Å². The van der Waals surface area contributed by atoms with Crippen LogP contribution in [0.3, 0.4) is 0 Å². The second-order valence-corrected chi connectivity index (χ2v) is 3.17. The van der Waals surface area contributed by atoms with Crippen molar-refractivity contribution in [1.82, 2.24) is 4.90 Å². The fourth-order valence-corrected chi connectivity index (χ4v) is 1.37. The summed E-state index contributed by atoms with van der Waals surface area (Å²) in [5.41, 5.74) is 0. The van der Waals surface area contributed by atoms with E-state index in [-0.39, 0.29) is 5.91 Å². The highest BCUT2D eigenvalue weighted by Gasteiger charge is 2.15. The molecule has 74 valence electrons. The van der Waals surface area contributed by atoms with Gasteiger partial charge >= 0.3 is 0 Å². The summed E-state index contributed by atoms with van der Waals surface area (Å²) in [7, 11) is 0. The van der Waals surface area contributed by atoms with Gasteiger partial charge in [0.25, 0.3) is 0 Å². The third-order valence-corrected chi connectivity index (χ3v) is 2.16. The standard InChI is InChI=1S/C10H17NO2/c1-2-3-4-5-10(12)11-6-8-13-9-7-11/h2H,1,3-9H2. The first-order chi connectivity index (χ1) is 6.34. The van der Waals surface area contributed by atoms with Gasteiger partial charge in [0, 0.05) is 19.5 Å². The van der Waals surface area contributed by atoms with Crippen molar-refractivity contribution in [3.8, 4) is 0 Å². The number of ether oxygens (including phenoxy) is 1. The molecule has 0 bridgehead atoms. The van der Waals surface area contributed by atoms with E-state index in [0.717, 1.165) is 25.9 Å². The molecule has 3 nitrogen and oxygen atoms in total. The molecule has 0 aromatic rings. The lowest BCUT2D eigenvalue weighted by Crippen LogP contribution is -2.40. The van der Waals surface area contributed by atoms with Crippen LogP contribution >= 0.6 is 0 Å². The summed E-state index contributed by atoms with van der Waals surface area (Å²) in [6.07, 6.45) is 4.34. The summed E-state index contributed by atoms with van der Waals surface area (Å²) >= 11 is 0. The molecular formula is C10H17NO2. The van der Waals surface area contributed by atoms with Crippen molar-refractivity contribution in [3.63, 3.8) is 0 Å². The zero-order valence-electron chi connectivity index (χ0n) is 8.00. The summed E-state index contributed by atoms with van der Waals surface area (Å²) in [6, 6.07) is 0. The van der Waals surface area contributed by atoms with E-state index in [9.17, 15) is 4.79 Å². The molecule has 1 heterocycles. The number of amides is 1. The van der Waals surface area contributed by atoms with Crippen LogP contribution in [0.4, 0.5) is 0 Å². The predicted octanol–water partition coefficient (Wildman–Crippen LogP) is 1.20. The Bertz CT molecular complexity index is 174. The lowest BCUT2D eigenvalue weighted by molar-refractivity contribution is -0.135. The van der Waals surface area contributed by atoms with Gasteiger partial charge in [-0.2, -0.15) is 0 Å². The normalized spacial score (nSPS) is 17.1. The third-order valence-electron chi connectivity index (χ3n) is 2.16. The van der Waals surface area contributed by atoms with Gasteiger partial charge in [-0.3, -0.25) is 4.79 Å². The minimum absolute atomic E-state index is 0.255. The molecule has 1 rings (SSSR count). The minimum atomic E-state index is 0.255. The summed E-state index contributed by atoms with van der Waals surface area (Å²) in [5.74, 6) is 0.255. The molecule has 0 saturated carbocycles. The van der Waals surface area contributed by atoms with E-state index in [1.54, 1.807) is 0 Å². The number of hydrogen-bond donors (Lipinski definition) is 0. The van der Waals surface area contributed by atoms with Crippen LogP contribution in [0.5, 0.6) is 0 Å². The average molecular weight is 183 g/mol. The lowest BCUT2D eigenvalue weighted by atomic mass is 10.2. The molecule has 1 amide bonds. The highest BCUT2D eigenvalue weighted by molar-refractivity contribution is 5.76. The van der Waals surface area contributed by atoms with Crippen molar-refractivity contribution in [2.45, 2.75) is 19.3 Å². The highest BCUT2D eigenvalue weighted by Crippen LogP contribution is 2.03. The minimum Gasteiger partial charge on any atom is -0.378 e. The lowest BCUT2D eigenvalue weighted by Gasteiger charge is -2.26. The SMILES string of the molecule is C=CCCCC(=O)N1CCOCC1. The Labute approximate surface area is 79.4 Å². The van der Waals surface area contributed by atoms with E-state index in [1.165, 1.54) is 0 Å². The first-order valence-electron chi connectivity index (χ1n) is 4.81. The smallest absolute Gasteiger partial charge is 0.222 e. The van der Waals surface area contributed by atoms with Crippen LogP contribution in [0.25, 0.3) is 0 Å². The van der Waals surface area contributed by atoms with Gasteiger partial charge in [0.15, 0.2) is 0 Å². The number of unbranched alkanes of at least 4 members (excludes halogenated alkanes) is 1. The Morgan fingerprint density at radius 3 is 2.77 bits per heavy atom. The molecule has 3 heteroatoms. The number of carbonyl (C=O) groups excluding carboxylic acids is 1. The Hall–Kier alpha value is -0.830. The number of morpholine rings is 1. The highest BCUT2D eigenvalue weighted by atomic mass is 16.5. The van der Waals surface area contributed by atoms with Crippen LogP contribution in [-0.4, -0.2) is 37.1 Å². The quantitative estimate of drug-likeness (QED) is 0.484. The van der Waals surface area contributed by atoms with Crippen LogP contribution in [0.2, 0.25) is 0 Å². The maximum atomic E-state index is 11.5. The molecular weight excluding hydrogens is 166 g/mol. The molecule has 0 atom stereocenters. The van der Waals surface area contributed by atoms with E-state index < -0.39 is 0 Å². The molecule has 1 aliphatic rings. The molecule has 1 aliphatic heterocycles. The van der Waals surface area contributed by atoms with Gasteiger partial charge in [-0.15, -0.1) is 6.58 Å². The fraction of sp³-hybridized carbons (Fsp3) is 0.700. The fourth-order valence-electron chi connectivity index (χ4n) is 1.37. The predicted molar refractivity (Wildman–Crippen MR) is 51.4 cm³/mol. The van der Waals surface area contributed by atoms with Gasteiger partial charge < -0.3 is 9.64 Å². The number of nitrogens with zero attached hydrogens (tertiary/aromatic N) is 1. The third kappa shape index (κ3) is 3.59. The average Bonchev–Trinajstić information content (AvgIpc) is 2.19. The second kappa shape index (κ2) is 5.75. The molecule has 1 saturated heterocycles. The van der Waals surface area contributed by atoms with Gasteiger partial charge in [0.2, 0.25) is 5.91 Å². The van der Waals surface area contributed by atoms with Crippen molar-refractivity contribution in [3.05, 3.63) is 12.7 Å². The summed E-state index contributed by atoms with van der Waals surface area (Å²) < 4.78 is 5.17. The number of allylic oxidation sites excluding steroid dienone is 1. The molecule has 0 unspecified atom stereocenters. The zero-order chi connectivity index (χ0) is 9.52. The Kier molecular flexibility index (Phi) is 4.54. The van der Waals surface area contributed by atoms with Crippen molar-refractivity contribution in [2.24, 2.45) is 0 Å². The molecule has 0 aliphatic carbocycles. The van der Waals surface area contributed by atoms with Crippen molar-refractivity contribution in [2.75, 3.05) is 26.3 Å². The maximum absolute atomic E-state index is 11.5. The Morgan fingerprint density at radius 1 is 1.46 bits per heavy atom. The number of rotatable bonds is 4. The zero-order valence-corrected chi connectivity index (χ0v) is 8.00. The van der Waals surface area contributed by atoms with Gasteiger partial charge in [-0.05, 0) is 12.8 Å². The van der Waals surface area contributed by atoms with E-state index in [2.05, 4.69) is 6.58 Å². The second-order valence-electron chi connectivity index (χ2n) is 3.17. The summed E-state index contributed by atoms with van der Waals surface area (Å²) in [4.78, 5) is 13.4. The maximum Gasteiger partial charge on any atom is 0.222 e. The molecule has 0 radical (unpaired) electrons. The van der Waals surface area contributed by atoms with Crippen molar-refractivity contribution < 1.29 is 9.53 Å². The molecule has 13 heavy (non-hydrogen) atoms. The molecule has 0 N–H and O–H groups in total. The molecule has 0 spiro atoms. The molecule has 0 aromatic carbocycles. The largest absolute Gasteiger partial charge is 0.378 e. The molecule has 0 aromatic heterocycles. The van der Waals surface area contributed by atoms with Crippen LogP contribution in [0.1, 0.15) is 19.3 Å². The van der Waals surface area contributed by atoms with Crippen molar-refractivity contribution in [1.29, 1.82) is 0 Å². The molecule has 1 fully saturated rings. The van der Waals surface area contributed by atoms with E-state index in [1.807, 2.05) is 11.0 Å². The van der Waals surface area contributed by atoms with Crippen LogP contribution in [0.15, 0.2) is 12.7 Å². The van der Waals surface area contributed by atoms with Gasteiger partial charge in [-0.1, -0.05) is 6.08 Å². The van der Waals surface area contributed by atoms with E-state index in [4.69, 9.17) is 4.74 Å². The monoisotopic (exact) mass is 183 g/mol. The topological polar surface area (TPSA) is 29.5 Å². The number of hydrogen-bond acceptors (Lipinski definition) is 2. The van der Waals surface area contributed by atoms with E-state index >= 15 is 0 Å². The van der Waals surface area contributed by atoms with Gasteiger partial charge in [0.1, 0.15) is 0 Å². The van der Waals surface area contributed by atoms with Gasteiger partial charge in [-0.25, -0.2) is 0 Å². The summed E-state index contributed by atoms with van der Waals surface area (Å²) in [5, 5.41) is 0. The van der Waals surface area contributed by atoms with E-state index in [0.29, 0.717) is 19.6 Å². The van der Waals surface area contributed by atoms with Crippen LogP contribution in [0, 0.1) is 0 Å².